The van der Waals surface area contributed by atoms with Crippen LogP contribution in [0.15, 0.2) is 23.4 Å². The highest BCUT2D eigenvalue weighted by Gasteiger charge is 2.29. The van der Waals surface area contributed by atoms with Crippen LogP contribution in [0.5, 0.6) is 0 Å². The lowest BCUT2D eigenvalue weighted by molar-refractivity contribution is -0.116. The van der Waals surface area contributed by atoms with E-state index in [-0.39, 0.29) is 17.0 Å². The molecule has 1 rings (SSSR count). The van der Waals surface area contributed by atoms with Gasteiger partial charge in [0.05, 0.1) is 5.70 Å². The number of carbonyl (C=O) groups excluding carboxylic acids is 2. The van der Waals surface area contributed by atoms with Crippen LogP contribution in [0.2, 0.25) is 0 Å². The SMILES string of the molecule is CNC1=CC(=O)C=C(C(C)(C)C)C1=O. The number of likely N-dealkylation sites (N-methyl/N-ethyl adjacent to an activating group) is 1. The Morgan fingerprint density at radius 2 is 1.71 bits per heavy atom. The molecule has 0 aromatic rings. The van der Waals surface area contributed by atoms with Crippen LogP contribution in [-0.2, 0) is 9.59 Å². The third-order valence-corrected chi connectivity index (χ3v) is 2.14. The minimum absolute atomic E-state index is 0.0837. The summed E-state index contributed by atoms with van der Waals surface area (Å²) in [6, 6.07) is 0. The van der Waals surface area contributed by atoms with E-state index in [2.05, 4.69) is 5.32 Å². The molecular weight excluding hydrogens is 178 g/mol. The topological polar surface area (TPSA) is 46.2 Å². The van der Waals surface area contributed by atoms with Crippen LogP contribution in [0.3, 0.4) is 0 Å². The average molecular weight is 193 g/mol. The van der Waals surface area contributed by atoms with Gasteiger partial charge >= 0.3 is 0 Å². The second kappa shape index (κ2) is 3.40. The summed E-state index contributed by atoms with van der Waals surface area (Å²) < 4.78 is 0. The summed E-state index contributed by atoms with van der Waals surface area (Å²) >= 11 is 0. The predicted octanol–water partition coefficient (Wildman–Crippen LogP) is 1.21. The molecule has 0 spiro atoms. The zero-order chi connectivity index (χ0) is 10.9. The molecular formula is C11H15NO2. The van der Waals surface area contributed by atoms with Gasteiger partial charge < -0.3 is 5.32 Å². The predicted molar refractivity (Wildman–Crippen MR) is 54.7 cm³/mol. The van der Waals surface area contributed by atoms with Crippen LogP contribution in [0.25, 0.3) is 0 Å². The number of carbonyl (C=O) groups is 2. The second-order valence-electron chi connectivity index (χ2n) is 4.35. The molecule has 0 bridgehead atoms. The number of ketones is 2. The summed E-state index contributed by atoms with van der Waals surface area (Å²) in [5.41, 5.74) is 0.653. The van der Waals surface area contributed by atoms with Crippen molar-refractivity contribution in [2.75, 3.05) is 7.05 Å². The fourth-order valence-electron chi connectivity index (χ4n) is 1.35. The first-order valence-corrected chi connectivity index (χ1v) is 4.56. The normalized spacial score (nSPS) is 17.7. The molecule has 0 saturated carbocycles. The Kier molecular flexibility index (Phi) is 2.60. The second-order valence-corrected chi connectivity index (χ2v) is 4.35. The van der Waals surface area contributed by atoms with Gasteiger partial charge in [-0.3, -0.25) is 9.59 Å². The minimum atomic E-state index is -0.289. The van der Waals surface area contributed by atoms with Gasteiger partial charge in [0.25, 0.3) is 0 Å². The molecule has 3 heteroatoms. The highest BCUT2D eigenvalue weighted by atomic mass is 16.1. The Labute approximate surface area is 83.9 Å². The molecule has 0 atom stereocenters. The fraction of sp³-hybridized carbons (Fsp3) is 0.455. The molecule has 3 nitrogen and oxygen atoms in total. The van der Waals surface area contributed by atoms with Crippen LogP contribution < -0.4 is 5.32 Å². The van der Waals surface area contributed by atoms with Gasteiger partial charge in [0.1, 0.15) is 0 Å². The zero-order valence-electron chi connectivity index (χ0n) is 8.97. The molecule has 0 aromatic carbocycles. The lowest BCUT2D eigenvalue weighted by Crippen LogP contribution is -2.28. The molecule has 1 aliphatic rings. The van der Waals surface area contributed by atoms with Gasteiger partial charge in [0.2, 0.25) is 5.78 Å². The molecule has 0 saturated heterocycles. The maximum atomic E-state index is 11.8. The maximum absolute atomic E-state index is 11.8. The lowest BCUT2D eigenvalue weighted by Gasteiger charge is -2.24. The number of Topliss-reactive ketones (excluding diaryl/α,β-unsaturated/α-hetero) is 1. The van der Waals surface area contributed by atoms with Gasteiger partial charge in [-0.15, -0.1) is 0 Å². The van der Waals surface area contributed by atoms with E-state index in [1.165, 1.54) is 12.2 Å². The quantitative estimate of drug-likeness (QED) is 0.637. The number of nitrogens with one attached hydrogen (secondary N) is 1. The Balaban J connectivity index is 3.12. The van der Waals surface area contributed by atoms with E-state index in [0.717, 1.165) is 0 Å². The first-order valence-electron chi connectivity index (χ1n) is 4.56. The van der Waals surface area contributed by atoms with Gasteiger partial charge in [-0.05, 0) is 11.5 Å². The maximum Gasteiger partial charge on any atom is 0.205 e. The standard InChI is InChI=1S/C11H15NO2/c1-11(2,3)8-5-7(13)6-9(12-4)10(8)14/h5-6,12H,1-4H3. The highest BCUT2D eigenvalue weighted by Crippen LogP contribution is 2.29. The molecule has 0 fully saturated rings. The van der Waals surface area contributed by atoms with Crippen molar-refractivity contribution in [1.82, 2.24) is 5.32 Å². The largest absolute Gasteiger partial charge is 0.385 e. The van der Waals surface area contributed by atoms with Crippen molar-refractivity contribution in [3.8, 4) is 0 Å². The fourth-order valence-corrected chi connectivity index (χ4v) is 1.35. The zero-order valence-corrected chi connectivity index (χ0v) is 8.97. The average Bonchev–Trinajstić information content (AvgIpc) is 2.06. The monoisotopic (exact) mass is 193 g/mol. The number of hydrogen-bond acceptors (Lipinski definition) is 3. The third kappa shape index (κ3) is 1.92. The van der Waals surface area contributed by atoms with E-state index in [4.69, 9.17) is 0 Å². The summed E-state index contributed by atoms with van der Waals surface area (Å²) in [4.78, 5) is 23.1. The Hall–Kier alpha value is -1.38. The van der Waals surface area contributed by atoms with E-state index in [9.17, 15) is 9.59 Å². The number of allylic oxidation sites excluding steroid dienone is 3. The van der Waals surface area contributed by atoms with Crippen LogP contribution in [0.4, 0.5) is 0 Å². The summed E-state index contributed by atoms with van der Waals surface area (Å²) in [7, 11) is 1.64. The first-order chi connectivity index (χ1) is 6.36. The Morgan fingerprint density at radius 1 is 1.14 bits per heavy atom. The van der Waals surface area contributed by atoms with E-state index >= 15 is 0 Å². The Bertz CT molecular complexity index is 343. The molecule has 14 heavy (non-hydrogen) atoms. The molecule has 76 valence electrons. The summed E-state index contributed by atoms with van der Waals surface area (Å²) in [6.07, 6.45) is 2.75. The molecule has 0 radical (unpaired) electrons. The van der Waals surface area contributed by atoms with Gasteiger partial charge in [0, 0.05) is 18.7 Å². The smallest absolute Gasteiger partial charge is 0.205 e. The summed E-state index contributed by atoms with van der Waals surface area (Å²) in [6.45, 7) is 5.76. The van der Waals surface area contributed by atoms with E-state index < -0.39 is 0 Å². The van der Waals surface area contributed by atoms with Crippen molar-refractivity contribution < 1.29 is 9.59 Å². The van der Waals surface area contributed by atoms with Gasteiger partial charge in [-0.2, -0.15) is 0 Å². The van der Waals surface area contributed by atoms with E-state index in [1.54, 1.807) is 7.05 Å². The van der Waals surface area contributed by atoms with Crippen molar-refractivity contribution >= 4 is 11.6 Å². The molecule has 1 aliphatic carbocycles. The van der Waals surface area contributed by atoms with Gasteiger partial charge in [-0.25, -0.2) is 0 Å². The molecule has 0 aromatic heterocycles. The van der Waals surface area contributed by atoms with Gasteiger partial charge in [0.15, 0.2) is 5.78 Å². The summed E-state index contributed by atoms with van der Waals surface area (Å²) in [5, 5.41) is 2.74. The van der Waals surface area contributed by atoms with Crippen LogP contribution in [-0.4, -0.2) is 18.6 Å². The lowest BCUT2D eigenvalue weighted by atomic mass is 9.80. The van der Waals surface area contributed by atoms with E-state index in [0.29, 0.717) is 11.3 Å². The van der Waals surface area contributed by atoms with Gasteiger partial charge in [-0.1, -0.05) is 20.8 Å². The molecule has 0 aliphatic heterocycles. The molecule has 0 heterocycles. The number of hydrogen-bond donors (Lipinski definition) is 1. The molecule has 1 N–H and O–H groups in total. The van der Waals surface area contributed by atoms with Crippen molar-refractivity contribution in [1.29, 1.82) is 0 Å². The number of rotatable bonds is 1. The van der Waals surface area contributed by atoms with E-state index in [1.807, 2.05) is 20.8 Å². The third-order valence-electron chi connectivity index (χ3n) is 2.14. The minimum Gasteiger partial charge on any atom is -0.385 e. The van der Waals surface area contributed by atoms with Crippen LogP contribution in [0.1, 0.15) is 20.8 Å². The highest BCUT2D eigenvalue weighted by molar-refractivity contribution is 6.20. The van der Waals surface area contributed by atoms with Crippen molar-refractivity contribution in [2.24, 2.45) is 5.41 Å². The van der Waals surface area contributed by atoms with Crippen molar-refractivity contribution in [3.05, 3.63) is 23.4 Å². The molecule has 0 amide bonds. The molecule has 0 unspecified atom stereocenters. The summed E-state index contributed by atoms with van der Waals surface area (Å²) in [5.74, 6) is -0.210. The van der Waals surface area contributed by atoms with Crippen molar-refractivity contribution in [2.45, 2.75) is 20.8 Å². The van der Waals surface area contributed by atoms with Crippen LogP contribution in [0, 0.1) is 5.41 Å². The first kappa shape index (κ1) is 10.7. The Morgan fingerprint density at radius 3 is 2.14 bits per heavy atom. The van der Waals surface area contributed by atoms with Crippen molar-refractivity contribution in [3.63, 3.8) is 0 Å². The van der Waals surface area contributed by atoms with Crippen LogP contribution >= 0.6 is 0 Å².